The second-order valence-electron chi connectivity index (χ2n) is 8.43. The van der Waals surface area contributed by atoms with E-state index in [0.29, 0.717) is 31.1 Å². The molecule has 0 aliphatic heterocycles. The van der Waals surface area contributed by atoms with Crippen LogP contribution >= 0.6 is 7.14 Å². The van der Waals surface area contributed by atoms with Crippen molar-refractivity contribution in [2.24, 2.45) is 11.8 Å². The van der Waals surface area contributed by atoms with Crippen molar-refractivity contribution in [3.63, 3.8) is 0 Å². The topological polar surface area (TPSA) is 43.4 Å². The van der Waals surface area contributed by atoms with Crippen molar-refractivity contribution in [3.05, 3.63) is 42.0 Å². The van der Waals surface area contributed by atoms with Gasteiger partial charge in [0.05, 0.1) is 0 Å². The molecule has 154 valence electrons. The van der Waals surface area contributed by atoms with Crippen molar-refractivity contribution < 1.29 is 9.67 Å². The molecule has 1 aromatic rings. The molecule has 0 aromatic heterocycles. The second-order valence-corrected chi connectivity index (χ2v) is 11.2. The van der Waals surface area contributed by atoms with Gasteiger partial charge in [-0.25, -0.2) is 0 Å². The Kier molecular flexibility index (Phi) is 10.8. The number of unbranched alkanes of at least 4 members (excludes halogenated alkanes) is 4. The molecule has 0 spiro atoms. The van der Waals surface area contributed by atoms with Crippen LogP contribution in [0.2, 0.25) is 0 Å². The smallest absolute Gasteiger partial charge is 0.137 e. The first-order valence-corrected chi connectivity index (χ1v) is 12.5. The third kappa shape index (κ3) is 9.02. The Labute approximate surface area is 167 Å². The first kappa shape index (κ1) is 23.8. The van der Waals surface area contributed by atoms with Crippen LogP contribution < -0.4 is 10.4 Å². The minimum absolute atomic E-state index is 0.0712. The van der Waals surface area contributed by atoms with Crippen molar-refractivity contribution in [2.45, 2.75) is 66.7 Å². The molecule has 1 rings (SSSR count). The highest BCUT2D eigenvalue weighted by molar-refractivity contribution is 7.74. The standard InChI is InChI=1S/C23H40NO2P/c1-6-7-8-9-13-16-27(26,22-14-11-10-12-15-22)19-23(25)24(17-20(2)3)18-21(4)5/h10-12,14-15,19-21,25H,6-9,13,16-18H2,1-5H3/p-1/b23-19-. The van der Waals surface area contributed by atoms with Crippen molar-refractivity contribution in [3.8, 4) is 0 Å². The zero-order chi connectivity index (χ0) is 20.3. The molecule has 0 saturated heterocycles. The average Bonchev–Trinajstić information content (AvgIpc) is 2.61. The Bertz CT molecular complexity index is 586. The quantitative estimate of drug-likeness (QED) is 0.256. The zero-order valence-corrected chi connectivity index (χ0v) is 18.9. The monoisotopic (exact) mass is 392 g/mol. The summed E-state index contributed by atoms with van der Waals surface area (Å²) in [5, 5.41) is 13.8. The summed E-state index contributed by atoms with van der Waals surface area (Å²) < 4.78 is 13.8. The average molecular weight is 393 g/mol. The molecular weight excluding hydrogens is 353 g/mol. The lowest BCUT2D eigenvalue weighted by molar-refractivity contribution is -0.333. The Morgan fingerprint density at radius 3 is 2.07 bits per heavy atom. The van der Waals surface area contributed by atoms with E-state index in [4.69, 9.17) is 0 Å². The highest BCUT2D eigenvalue weighted by Crippen LogP contribution is 2.48. The summed E-state index contributed by atoms with van der Waals surface area (Å²) in [6.45, 7) is 12.1. The molecule has 0 N–H and O–H groups in total. The van der Waals surface area contributed by atoms with Gasteiger partial charge >= 0.3 is 0 Å². The Hall–Kier alpha value is -1.21. The van der Waals surface area contributed by atoms with Crippen LogP contribution in [0.3, 0.4) is 0 Å². The van der Waals surface area contributed by atoms with Crippen molar-refractivity contribution in [1.29, 1.82) is 0 Å². The molecule has 4 heteroatoms. The van der Waals surface area contributed by atoms with Gasteiger partial charge in [0, 0.05) is 24.6 Å². The van der Waals surface area contributed by atoms with Crippen LogP contribution in [0.25, 0.3) is 0 Å². The van der Waals surface area contributed by atoms with E-state index in [1.54, 1.807) is 5.82 Å². The summed E-state index contributed by atoms with van der Waals surface area (Å²) in [4.78, 5) is 1.88. The van der Waals surface area contributed by atoms with E-state index in [1.165, 1.54) is 19.3 Å². The largest absolute Gasteiger partial charge is 0.860 e. The number of nitrogens with zero attached hydrogens (tertiary/aromatic N) is 1. The van der Waals surface area contributed by atoms with Gasteiger partial charge in [0.2, 0.25) is 0 Å². The fraction of sp³-hybridized carbons (Fsp3) is 0.652. The van der Waals surface area contributed by atoms with Crippen LogP contribution in [0, 0.1) is 11.8 Å². The van der Waals surface area contributed by atoms with Gasteiger partial charge in [0.15, 0.2) is 0 Å². The molecule has 27 heavy (non-hydrogen) atoms. The second kappa shape index (κ2) is 12.3. The lowest BCUT2D eigenvalue weighted by Crippen LogP contribution is -2.36. The van der Waals surface area contributed by atoms with Gasteiger partial charge in [0.1, 0.15) is 7.14 Å². The van der Waals surface area contributed by atoms with Crippen LogP contribution in [0.4, 0.5) is 0 Å². The van der Waals surface area contributed by atoms with E-state index >= 15 is 0 Å². The summed E-state index contributed by atoms with van der Waals surface area (Å²) in [6.07, 6.45) is 6.16. The van der Waals surface area contributed by atoms with Crippen molar-refractivity contribution >= 4 is 12.4 Å². The van der Waals surface area contributed by atoms with Crippen LogP contribution in [0.15, 0.2) is 42.0 Å². The van der Waals surface area contributed by atoms with E-state index in [0.717, 1.165) is 18.1 Å². The summed E-state index contributed by atoms with van der Waals surface area (Å²) in [7, 11) is -2.83. The van der Waals surface area contributed by atoms with Gasteiger partial charge < -0.3 is 14.6 Å². The molecular formula is C23H39NO2P-. The summed E-state index contributed by atoms with van der Waals surface area (Å²) in [5.41, 5.74) is 0. The Morgan fingerprint density at radius 1 is 1.00 bits per heavy atom. The summed E-state index contributed by atoms with van der Waals surface area (Å²) >= 11 is 0. The maximum atomic E-state index is 13.8. The predicted molar refractivity (Wildman–Crippen MR) is 117 cm³/mol. The van der Waals surface area contributed by atoms with Gasteiger partial charge in [-0.3, -0.25) is 0 Å². The molecule has 0 aliphatic carbocycles. The normalized spacial score (nSPS) is 14.6. The number of hydrogen-bond donors (Lipinski definition) is 0. The summed E-state index contributed by atoms with van der Waals surface area (Å²) in [5.74, 6) is 2.28. The molecule has 0 bridgehead atoms. The minimum atomic E-state index is -2.83. The van der Waals surface area contributed by atoms with Crippen molar-refractivity contribution in [1.82, 2.24) is 4.90 Å². The third-order valence-corrected chi connectivity index (χ3v) is 7.38. The fourth-order valence-electron chi connectivity index (χ4n) is 3.29. The summed E-state index contributed by atoms with van der Waals surface area (Å²) in [6, 6.07) is 9.58. The number of hydrogen-bond acceptors (Lipinski definition) is 3. The molecule has 0 amide bonds. The van der Waals surface area contributed by atoms with Gasteiger partial charge in [-0.15, -0.1) is 0 Å². The van der Waals surface area contributed by atoms with E-state index in [1.807, 2.05) is 35.2 Å². The molecule has 0 radical (unpaired) electrons. The van der Waals surface area contributed by atoms with Crippen LogP contribution in [-0.2, 0) is 4.57 Å². The highest BCUT2D eigenvalue weighted by atomic mass is 31.2. The van der Waals surface area contributed by atoms with Gasteiger partial charge in [0.25, 0.3) is 0 Å². The first-order valence-electron chi connectivity index (χ1n) is 10.6. The van der Waals surface area contributed by atoms with Crippen LogP contribution in [0.5, 0.6) is 0 Å². The Balaban J connectivity index is 3.05. The molecule has 1 atom stereocenters. The maximum absolute atomic E-state index is 13.8. The van der Waals surface area contributed by atoms with Crippen LogP contribution in [0.1, 0.15) is 66.7 Å². The molecule has 0 saturated carbocycles. The molecule has 0 fully saturated rings. The Morgan fingerprint density at radius 2 is 1.56 bits per heavy atom. The first-order chi connectivity index (χ1) is 12.8. The maximum Gasteiger partial charge on any atom is 0.137 e. The van der Waals surface area contributed by atoms with E-state index < -0.39 is 7.14 Å². The predicted octanol–water partition coefficient (Wildman–Crippen LogP) is 5.42. The molecule has 1 unspecified atom stereocenters. The minimum Gasteiger partial charge on any atom is -0.860 e. The van der Waals surface area contributed by atoms with Gasteiger partial charge in [-0.05, 0) is 30.0 Å². The molecule has 0 aliphatic rings. The molecule has 1 aromatic carbocycles. The third-order valence-electron chi connectivity index (χ3n) is 4.59. The fourth-order valence-corrected chi connectivity index (χ4v) is 5.72. The van der Waals surface area contributed by atoms with E-state index in [9.17, 15) is 9.67 Å². The lowest BCUT2D eigenvalue weighted by atomic mass is 10.1. The SMILES string of the molecule is CCCCCCCP(=O)(/C=C(\[O-])N(CC(C)C)CC(C)C)c1ccccc1. The van der Waals surface area contributed by atoms with E-state index in [-0.39, 0.29) is 5.88 Å². The van der Waals surface area contributed by atoms with E-state index in [2.05, 4.69) is 34.6 Å². The molecule has 3 nitrogen and oxygen atoms in total. The van der Waals surface area contributed by atoms with Crippen LogP contribution in [-0.4, -0.2) is 24.2 Å². The zero-order valence-electron chi connectivity index (χ0n) is 18.0. The number of rotatable bonds is 13. The highest BCUT2D eigenvalue weighted by Gasteiger charge is 2.22. The lowest BCUT2D eigenvalue weighted by Gasteiger charge is -2.35. The van der Waals surface area contributed by atoms with Gasteiger partial charge in [-0.1, -0.05) is 90.6 Å². The number of benzene rings is 1. The van der Waals surface area contributed by atoms with Crippen molar-refractivity contribution in [2.75, 3.05) is 19.3 Å². The molecule has 0 heterocycles. The van der Waals surface area contributed by atoms with Gasteiger partial charge in [-0.2, -0.15) is 0 Å².